The van der Waals surface area contributed by atoms with E-state index in [9.17, 15) is 8.42 Å². The smallest absolute Gasteiger partial charge is 0.211 e. The predicted molar refractivity (Wildman–Crippen MR) is 91.2 cm³/mol. The molecular formula is C14H30N4O4S. The number of hydrogen-bond donors (Lipinski definition) is 3. The molecule has 1 saturated heterocycles. The van der Waals surface area contributed by atoms with Gasteiger partial charge in [-0.15, -0.1) is 0 Å². The van der Waals surface area contributed by atoms with E-state index in [1.807, 2.05) is 0 Å². The van der Waals surface area contributed by atoms with E-state index in [1.165, 1.54) is 0 Å². The number of ether oxygens (including phenoxy) is 2. The number of nitrogens with zero attached hydrogens (tertiary/aromatic N) is 1. The number of guanidine groups is 1. The second-order valence-corrected chi connectivity index (χ2v) is 7.38. The van der Waals surface area contributed by atoms with Crippen LogP contribution in [0.1, 0.15) is 26.2 Å². The highest BCUT2D eigenvalue weighted by Gasteiger charge is 2.14. The van der Waals surface area contributed by atoms with Crippen LogP contribution in [0, 0.1) is 0 Å². The molecule has 1 fully saturated rings. The van der Waals surface area contributed by atoms with Gasteiger partial charge in [0.15, 0.2) is 5.96 Å². The molecule has 0 aromatic carbocycles. The number of aliphatic imine (C=N–C) groups is 1. The number of sulfonamides is 1. The van der Waals surface area contributed by atoms with Crippen molar-refractivity contribution in [2.24, 2.45) is 4.99 Å². The van der Waals surface area contributed by atoms with Gasteiger partial charge < -0.3 is 20.1 Å². The standard InChI is InChI=1S/C14H30N4O4S/c1-3-23(19,20)18-9-8-17-14(15-2)16-7-5-10-21-12-13-6-4-11-22-13/h13,18H,3-12H2,1-2H3,(H2,15,16,17). The molecule has 0 saturated carbocycles. The van der Waals surface area contributed by atoms with Crippen LogP contribution in [0.3, 0.4) is 0 Å². The average Bonchev–Trinajstić information content (AvgIpc) is 3.06. The normalized spacial score (nSPS) is 19.0. The Labute approximate surface area is 139 Å². The second-order valence-electron chi connectivity index (χ2n) is 5.29. The number of nitrogens with one attached hydrogen (secondary N) is 3. The zero-order chi connectivity index (χ0) is 17.0. The van der Waals surface area contributed by atoms with Gasteiger partial charge in [-0.25, -0.2) is 13.1 Å². The Kier molecular flexibility index (Phi) is 10.2. The van der Waals surface area contributed by atoms with E-state index < -0.39 is 10.0 Å². The van der Waals surface area contributed by atoms with E-state index in [0.717, 1.165) is 32.4 Å². The third kappa shape index (κ3) is 9.75. The molecule has 0 bridgehead atoms. The van der Waals surface area contributed by atoms with Crippen LogP contribution in [0.25, 0.3) is 0 Å². The molecule has 3 N–H and O–H groups in total. The van der Waals surface area contributed by atoms with Crippen molar-refractivity contribution in [1.29, 1.82) is 0 Å². The molecule has 23 heavy (non-hydrogen) atoms. The summed E-state index contributed by atoms with van der Waals surface area (Å²) in [5.74, 6) is 0.742. The van der Waals surface area contributed by atoms with E-state index in [-0.39, 0.29) is 11.9 Å². The molecule has 1 heterocycles. The summed E-state index contributed by atoms with van der Waals surface area (Å²) < 4.78 is 36.1. The highest BCUT2D eigenvalue weighted by atomic mass is 32.2. The summed E-state index contributed by atoms with van der Waals surface area (Å²) in [6.45, 7) is 5.37. The third-order valence-electron chi connectivity index (χ3n) is 3.43. The van der Waals surface area contributed by atoms with Gasteiger partial charge in [0.2, 0.25) is 10.0 Å². The van der Waals surface area contributed by atoms with Gasteiger partial charge in [-0.05, 0) is 26.2 Å². The maximum absolute atomic E-state index is 11.3. The Morgan fingerprint density at radius 3 is 2.74 bits per heavy atom. The molecule has 8 nitrogen and oxygen atoms in total. The van der Waals surface area contributed by atoms with Gasteiger partial charge in [-0.3, -0.25) is 4.99 Å². The zero-order valence-corrected chi connectivity index (χ0v) is 15.0. The molecule has 1 unspecified atom stereocenters. The fourth-order valence-corrected chi connectivity index (χ4v) is 2.70. The van der Waals surface area contributed by atoms with E-state index in [0.29, 0.717) is 32.3 Å². The molecule has 1 rings (SSSR count). The van der Waals surface area contributed by atoms with Crippen molar-refractivity contribution >= 4 is 16.0 Å². The number of rotatable bonds is 11. The zero-order valence-electron chi connectivity index (χ0n) is 14.1. The molecule has 0 spiro atoms. The van der Waals surface area contributed by atoms with Crippen LogP contribution in [0.15, 0.2) is 4.99 Å². The summed E-state index contributed by atoms with van der Waals surface area (Å²) in [6.07, 6.45) is 3.36. The fraction of sp³-hybridized carbons (Fsp3) is 0.929. The monoisotopic (exact) mass is 350 g/mol. The minimum absolute atomic E-state index is 0.0892. The van der Waals surface area contributed by atoms with Crippen LogP contribution in [-0.4, -0.2) is 72.7 Å². The topological polar surface area (TPSA) is 101 Å². The van der Waals surface area contributed by atoms with Crippen LogP contribution in [0.4, 0.5) is 0 Å². The first-order valence-electron chi connectivity index (χ1n) is 8.18. The van der Waals surface area contributed by atoms with Crippen LogP contribution < -0.4 is 15.4 Å². The quantitative estimate of drug-likeness (QED) is 0.268. The molecule has 1 atom stereocenters. The summed E-state index contributed by atoms with van der Waals surface area (Å²) in [5.41, 5.74) is 0. The lowest BCUT2D eigenvalue weighted by Gasteiger charge is -2.13. The number of hydrogen-bond acceptors (Lipinski definition) is 5. The Hall–Kier alpha value is -0.900. The molecular weight excluding hydrogens is 320 g/mol. The third-order valence-corrected chi connectivity index (χ3v) is 4.83. The van der Waals surface area contributed by atoms with Gasteiger partial charge in [0.1, 0.15) is 0 Å². The molecule has 1 aliphatic rings. The van der Waals surface area contributed by atoms with Crippen LogP contribution >= 0.6 is 0 Å². The Morgan fingerprint density at radius 1 is 1.30 bits per heavy atom. The second kappa shape index (κ2) is 11.6. The molecule has 0 aromatic rings. The molecule has 1 aliphatic heterocycles. The summed E-state index contributed by atoms with van der Waals surface area (Å²) in [7, 11) is -1.46. The summed E-state index contributed by atoms with van der Waals surface area (Å²) >= 11 is 0. The maximum Gasteiger partial charge on any atom is 0.211 e. The van der Waals surface area contributed by atoms with Crippen molar-refractivity contribution in [2.75, 3.05) is 52.3 Å². The van der Waals surface area contributed by atoms with Gasteiger partial charge in [-0.1, -0.05) is 0 Å². The lowest BCUT2D eigenvalue weighted by molar-refractivity contribution is 0.0168. The first-order chi connectivity index (χ1) is 11.1. The van der Waals surface area contributed by atoms with E-state index in [2.05, 4.69) is 20.3 Å². The van der Waals surface area contributed by atoms with Crippen molar-refractivity contribution in [3.63, 3.8) is 0 Å². The summed E-state index contributed by atoms with van der Waals surface area (Å²) in [5, 5.41) is 6.21. The minimum Gasteiger partial charge on any atom is -0.379 e. The Bertz CT molecular complexity index is 436. The fourth-order valence-electron chi connectivity index (χ4n) is 2.08. The van der Waals surface area contributed by atoms with E-state index in [4.69, 9.17) is 9.47 Å². The molecule has 9 heteroatoms. The first kappa shape index (κ1) is 20.1. The van der Waals surface area contributed by atoms with E-state index in [1.54, 1.807) is 14.0 Å². The van der Waals surface area contributed by atoms with Crippen LogP contribution in [-0.2, 0) is 19.5 Å². The minimum atomic E-state index is -3.14. The maximum atomic E-state index is 11.3. The molecule has 0 aromatic heterocycles. The molecule has 0 aliphatic carbocycles. The molecule has 136 valence electrons. The summed E-state index contributed by atoms with van der Waals surface area (Å²) in [6, 6.07) is 0. The lowest BCUT2D eigenvalue weighted by Crippen LogP contribution is -2.42. The Morgan fingerprint density at radius 2 is 2.09 bits per heavy atom. The van der Waals surface area contributed by atoms with Crippen molar-refractivity contribution in [1.82, 2.24) is 15.4 Å². The average molecular weight is 350 g/mol. The van der Waals surface area contributed by atoms with Gasteiger partial charge >= 0.3 is 0 Å². The Balaban J connectivity index is 1.98. The van der Waals surface area contributed by atoms with Crippen LogP contribution in [0.2, 0.25) is 0 Å². The largest absolute Gasteiger partial charge is 0.379 e. The van der Waals surface area contributed by atoms with Gasteiger partial charge in [-0.2, -0.15) is 0 Å². The van der Waals surface area contributed by atoms with Gasteiger partial charge in [0, 0.05) is 39.9 Å². The predicted octanol–water partition coefficient (Wildman–Crippen LogP) is -0.324. The van der Waals surface area contributed by atoms with E-state index >= 15 is 0 Å². The molecule has 0 amide bonds. The first-order valence-corrected chi connectivity index (χ1v) is 9.84. The van der Waals surface area contributed by atoms with Crippen molar-refractivity contribution in [2.45, 2.75) is 32.3 Å². The van der Waals surface area contributed by atoms with Crippen molar-refractivity contribution < 1.29 is 17.9 Å². The molecule has 0 radical (unpaired) electrons. The SMILES string of the molecule is CCS(=O)(=O)NCCNC(=NC)NCCCOCC1CCCO1. The van der Waals surface area contributed by atoms with Gasteiger partial charge in [0.25, 0.3) is 0 Å². The highest BCUT2D eigenvalue weighted by Crippen LogP contribution is 2.11. The van der Waals surface area contributed by atoms with Crippen molar-refractivity contribution in [3.8, 4) is 0 Å². The van der Waals surface area contributed by atoms with Crippen molar-refractivity contribution in [3.05, 3.63) is 0 Å². The van der Waals surface area contributed by atoms with Crippen LogP contribution in [0.5, 0.6) is 0 Å². The van der Waals surface area contributed by atoms with Gasteiger partial charge in [0.05, 0.1) is 18.5 Å². The lowest BCUT2D eigenvalue weighted by atomic mass is 10.2. The highest BCUT2D eigenvalue weighted by molar-refractivity contribution is 7.89. The summed E-state index contributed by atoms with van der Waals surface area (Å²) in [4.78, 5) is 4.08.